The first-order valence-electron chi connectivity index (χ1n) is 6.81. The molecule has 1 aromatic rings. The Morgan fingerprint density at radius 1 is 1.30 bits per heavy atom. The molecule has 1 aromatic carbocycles. The van der Waals surface area contributed by atoms with E-state index in [9.17, 15) is 19.3 Å². The average molecular weight is 278 g/mol. The first-order valence-corrected chi connectivity index (χ1v) is 6.81. The Balaban J connectivity index is 1.78. The Morgan fingerprint density at radius 3 is 2.40 bits per heavy atom. The number of hydrogen-bond donors (Lipinski definition) is 1. The third kappa shape index (κ3) is 2.64. The maximum absolute atomic E-state index is 13.7. The van der Waals surface area contributed by atoms with Gasteiger partial charge in [0.1, 0.15) is 5.82 Å². The highest BCUT2D eigenvalue weighted by Gasteiger charge is 2.42. The first kappa shape index (κ1) is 13.0. The van der Waals surface area contributed by atoms with Crippen LogP contribution in [0.1, 0.15) is 36.0 Å². The van der Waals surface area contributed by atoms with Crippen LogP contribution in [0.4, 0.5) is 10.1 Å². The molecule has 5 nitrogen and oxygen atoms in total. The molecule has 3 rings (SSSR count). The van der Waals surface area contributed by atoms with Crippen LogP contribution in [0.2, 0.25) is 0 Å². The summed E-state index contributed by atoms with van der Waals surface area (Å²) < 4.78 is 13.7. The SMILES string of the molecule is O=C(NC(C1CC1)C1CC1)c1cc([N+](=O)[O-])ccc1F. The van der Waals surface area contributed by atoms with Crippen LogP contribution in [0.25, 0.3) is 0 Å². The maximum Gasteiger partial charge on any atom is 0.270 e. The molecule has 0 aromatic heterocycles. The third-order valence-corrected chi connectivity index (χ3v) is 3.96. The molecule has 20 heavy (non-hydrogen) atoms. The molecule has 1 amide bonds. The molecule has 0 atom stereocenters. The third-order valence-electron chi connectivity index (χ3n) is 3.96. The normalized spacial score (nSPS) is 18.1. The standard InChI is InChI=1S/C14H15FN2O3/c15-12-6-5-10(17(19)20)7-11(12)14(18)16-13(8-1-2-8)9-3-4-9/h5-9,13H,1-4H2,(H,16,18). The van der Waals surface area contributed by atoms with Gasteiger partial charge >= 0.3 is 0 Å². The number of non-ortho nitro benzene ring substituents is 1. The number of amides is 1. The van der Waals surface area contributed by atoms with E-state index >= 15 is 0 Å². The fourth-order valence-electron chi connectivity index (χ4n) is 2.56. The maximum atomic E-state index is 13.7. The summed E-state index contributed by atoms with van der Waals surface area (Å²) in [5.41, 5.74) is -0.517. The summed E-state index contributed by atoms with van der Waals surface area (Å²) in [6, 6.07) is 3.13. The van der Waals surface area contributed by atoms with Gasteiger partial charge in [-0.3, -0.25) is 14.9 Å². The number of benzene rings is 1. The Labute approximate surface area is 115 Å². The summed E-state index contributed by atoms with van der Waals surface area (Å²) in [6.45, 7) is 0. The molecule has 0 bridgehead atoms. The number of hydrogen-bond acceptors (Lipinski definition) is 3. The number of nitro groups is 1. The molecule has 0 heterocycles. The minimum absolute atomic E-state index is 0.0983. The fraction of sp³-hybridized carbons (Fsp3) is 0.500. The molecular formula is C14H15FN2O3. The van der Waals surface area contributed by atoms with Crippen molar-refractivity contribution < 1.29 is 14.1 Å². The zero-order valence-electron chi connectivity index (χ0n) is 10.8. The van der Waals surface area contributed by atoms with Crippen molar-refractivity contribution in [3.8, 4) is 0 Å². The van der Waals surface area contributed by atoms with Gasteiger partial charge in [-0.2, -0.15) is 0 Å². The van der Waals surface area contributed by atoms with Crippen LogP contribution >= 0.6 is 0 Å². The highest BCUT2D eigenvalue weighted by molar-refractivity contribution is 5.95. The second kappa shape index (κ2) is 4.85. The van der Waals surface area contributed by atoms with E-state index in [-0.39, 0.29) is 17.3 Å². The van der Waals surface area contributed by atoms with Gasteiger partial charge in [0, 0.05) is 18.2 Å². The second-order valence-electron chi connectivity index (χ2n) is 5.60. The molecule has 2 aliphatic rings. The van der Waals surface area contributed by atoms with Gasteiger partial charge in [-0.05, 0) is 43.6 Å². The molecule has 2 saturated carbocycles. The molecule has 0 spiro atoms. The molecular weight excluding hydrogens is 263 g/mol. The summed E-state index contributed by atoms with van der Waals surface area (Å²) in [5.74, 6) is -0.283. The minimum atomic E-state index is -0.724. The minimum Gasteiger partial charge on any atom is -0.349 e. The highest BCUT2D eigenvalue weighted by atomic mass is 19.1. The van der Waals surface area contributed by atoms with Crippen molar-refractivity contribution in [3.05, 3.63) is 39.7 Å². The Hall–Kier alpha value is -1.98. The highest BCUT2D eigenvalue weighted by Crippen LogP contribution is 2.44. The van der Waals surface area contributed by atoms with E-state index in [0.717, 1.165) is 43.9 Å². The molecule has 0 saturated heterocycles. The topological polar surface area (TPSA) is 72.2 Å². The van der Waals surface area contributed by atoms with Crippen LogP contribution in [0.5, 0.6) is 0 Å². The zero-order chi connectivity index (χ0) is 14.3. The van der Waals surface area contributed by atoms with Gasteiger partial charge in [-0.1, -0.05) is 0 Å². The lowest BCUT2D eigenvalue weighted by molar-refractivity contribution is -0.384. The van der Waals surface area contributed by atoms with E-state index in [1.165, 1.54) is 0 Å². The monoisotopic (exact) mass is 278 g/mol. The lowest BCUT2D eigenvalue weighted by Gasteiger charge is -2.17. The molecule has 1 N–H and O–H groups in total. The quantitative estimate of drug-likeness (QED) is 0.664. The van der Waals surface area contributed by atoms with Crippen LogP contribution in [-0.2, 0) is 0 Å². The van der Waals surface area contributed by atoms with Crippen LogP contribution in [-0.4, -0.2) is 16.9 Å². The molecule has 106 valence electrons. The molecule has 0 radical (unpaired) electrons. The van der Waals surface area contributed by atoms with E-state index in [1.54, 1.807) is 0 Å². The molecule has 2 aliphatic carbocycles. The van der Waals surface area contributed by atoms with Crippen LogP contribution in [0, 0.1) is 27.8 Å². The van der Waals surface area contributed by atoms with E-state index in [2.05, 4.69) is 5.32 Å². The summed E-state index contributed by atoms with van der Waals surface area (Å²) >= 11 is 0. The summed E-state index contributed by atoms with van der Waals surface area (Å²) in [5, 5.41) is 13.6. The number of rotatable bonds is 5. The van der Waals surface area contributed by atoms with Crippen molar-refractivity contribution in [2.75, 3.05) is 0 Å². The summed E-state index contributed by atoms with van der Waals surface area (Å²) in [4.78, 5) is 22.2. The number of carbonyl (C=O) groups is 1. The lowest BCUT2D eigenvalue weighted by Crippen LogP contribution is -2.38. The average Bonchev–Trinajstić information content (AvgIpc) is 3.28. The van der Waals surface area contributed by atoms with E-state index in [4.69, 9.17) is 0 Å². The summed E-state index contributed by atoms with van der Waals surface area (Å²) in [6.07, 6.45) is 4.38. The molecule has 0 aliphatic heterocycles. The van der Waals surface area contributed by atoms with Gasteiger partial charge in [-0.25, -0.2) is 4.39 Å². The first-order chi connectivity index (χ1) is 9.56. The Kier molecular flexibility index (Phi) is 3.16. The number of nitrogens with zero attached hydrogens (tertiary/aromatic N) is 1. The zero-order valence-corrected chi connectivity index (χ0v) is 10.8. The summed E-state index contributed by atoms with van der Waals surface area (Å²) in [7, 11) is 0. The van der Waals surface area contributed by atoms with Gasteiger partial charge in [0.15, 0.2) is 0 Å². The van der Waals surface area contributed by atoms with Crippen molar-refractivity contribution in [1.29, 1.82) is 0 Å². The van der Waals surface area contributed by atoms with E-state index < -0.39 is 16.6 Å². The van der Waals surface area contributed by atoms with Gasteiger partial charge in [-0.15, -0.1) is 0 Å². The second-order valence-corrected chi connectivity index (χ2v) is 5.60. The predicted octanol–water partition coefficient (Wildman–Crippen LogP) is 2.65. The van der Waals surface area contributed by atoms with Crippen molar-refractivity contribution >= 4 is 11.6 Å². The molecule has 6 heteroatoms. The van der Waals surface area contributed by atoms with Gasteiger partial charge in [0.05, 0.1) is 10.5 Å². The predicted molar refractivity (Wildman–Crippen MR) is 69.8 cm³/mol. The van der Waals surface area contributed by atoms with Gasteiger partial charge in [0.2, 0.25) is 0 Å². The van der Waals surface area contributed by atoms with Crippen molar-refractivity contribution in [2.24, 2.45) is 11.8 Å². The lowest BCUT2D eigenvalue weighted by atomic mass is 10.1. The van der Waals surface area contributed by atoms with Gasteiger partial charge in [0.25, 0.3) is 11.6 Å². The van der Waals surface area contributed by atoms with Crippen molar-refractivity contribution in [3.63, 3.8) is 0 Å². The molecule has 0 unspecified atom stereocenters. The van der Waals surface area contributed by atoms with Crippen LogP contribution in [0.3, 0.4) is 0 Å². The van der Waals surface area contributed by atoms with Crippen LogP contribution < -0.4 is 5.32 Å². The van der Waals surface area contributed by atoms with Crippen LogP contribution in [0.15, 0.2) is 18.2 Å². The van der Waals surface area contributed by atoms with E-state index in [0.29, 0.717) is 11.8 Å². The van der Waals surface area contributed by atoms with E-state index in [1.807, 2.05) is 0 Å². The Bertz CT molecular complexity index is 556. The fourth-order valence-corrected chi connectivity index (χ4v) is 2.56. The number of nitrogens with one attached hydrogen (secondary N) is 1. The van der Waals surface area contributed by atoms with Crippen molar-refractivity contribution in [1.82, 2.24) is 5.32 Å². The molecule has 2 fully saturated rings. The number of halogens is 1. The van der Waals surface area contributed by atoms with Crippen molar-refractivity contribution in [2.45, 2.75) is 31.7 Å². The number of carbonyl (C=O) groups excluding carboxylic acids is 1. The largest absolute Gasteiger partial charge is 0.349 e. The number of nitro benzene ring substituents is 1. The smallest absolute Gasteiger partial charge is 0.270 e. The Morgan fingerprint density at radius 2 is 1.90 bits per heavy atom. The van der Waals surface area contributed by atoms with Gasteiger partial charge < -0.3 is 5.32 Å².